The van der Waals surface area contributed by atoms with E-state index in [9.17, 15) is 4.79 Å². The monoisotopic (exact) mass is 254 g/mol. The zero-order valence-corrected chi connectivity index (χ0v) is 10.2. The Morgan fingerprint density at radius 3 is 2.29 bits per heavy atom. The number of halogens is 1. The Morgan fingerprint density at radius 1 is 1.18 bits per heavy atom. The lowest BCUT2D eigenvalue weighted by atomic mass is 10.2. The fourth-order valence-corrected chi connectivity index (χ4v) is 2.09. The normalized spacial score (nSPS) is 16.1. The molecule has 1 saturated heterocycles. The van der Waals surface area contributed by atoms with Crippen LogP contribution in [0.25, 0.3) is 0 Å². The number of nitrogens with zero attached hydrogens (tertiary/aromatic N) is 2. The third-order valence-electron chi connectivity index (χ3n) is 2.96. The smallest absolute Gasteiger partial charge is 0.248 e. The summed E-state index contributed by atoms with van der Waals surface area (Å²) in [5, 5.41) is 9.51. The third-order valence-corrected chi connectivity index (χ3v) is 3.21. The first kappa shape index (κ1) is 12.2. The van der Waals surface area contributed by atoms with Gasteiger partial charge >= 0.3 is 0 Å². The fraction of sp³-hybridized carbons (Fsp3) is 0.417. The van der Waals surface area contributed by atoms with Crippen LogP contribution in [0.15, 0.2) is 24.3 Å². The van der Waals surface area contributed by atoms with Crippen molar-refractivity contribution in [2.75, 3.05) is 37.7 Å². The van der Waals surface area contributed by atoms with Crippen LogP contribution in [0.3, 0.4) is 0 Å². The van der Waals surface area contributed by atoms with Crippen molar-refractivity contribution in [1.29, 1.82) is 0 Å². The van der Waals surface area contributed by atoms with Crippen LogP contribution in [-0.4, -0.2) is 48.7 Å². The number of carbonyl (C=O) groups excluding carboxylic acids is 1. The van der Waals surface area contributed by atoms with Crippen molar-refractivity contribution in [1.82, 2.24) is 4.90 Å². The number of anilines is 1. The Balaban J connectivity index is 1.95. The van der Waals surface area contributed by atoms with Crippen molar-refractivity contribution in [3.8, 4) is 0 Å². The highest BCUT2D eigenvalue weighted by Crippen LogP contribution is 2.19. The zero-order valence-electron chi connectivity index (χ0n) is 9.47. The van der Waals surface area contributed by atoms with Gasteiger partial charge in [0.25, 0.3) is 0 Å². The van der Waals surface area contributed by atoms with Crippen molar-refractivity contribution in [2.45, 2.75) is 0 Å². The molecule has 1 heterocycles. The maximum atomic E-state index is 11.3. The number of hydrogen-bond donors (Lipinski definition) is 1. The first-order chi connectivity index (χ1) is 8.20. The number of aliphatic hydroxyl groups is 1. The number of carbonyl (C=O) groups is 1. The first-order valence-electron chi connectivity index (χ1n) is 5.60. The van der Waals surface area contributed by atoms with Gasteiger partial charge in [0, 0.05) is 36.9 Å². The Hall–Kier alpha value is -1.26. The summed E-state index contributed by atoms with van der Waals surface area (Å²) >= 11 is 5.83. The molecule has 0 aliphatic carbocycles. The summed E-state index contributed by atoms with van der Waals surface area (Å²) in [5.74, 6) is -0.194. The predicted molar refractivity (Wildman–Crippen MR) is 67.3 cm³/mol. The van der Waals surface area contributed by atoms with E-state index >= 15 is 0 Å². The molecular formula is C12H15ClN2O2. The highest BCUT2D eigenvalue weighted by atomic mass is 35.5. The number of amides is 1. The maximum Gasteiger partial charge on any atom is 0.248 e. The second-order valence-corrected chi connectivity index (χ2v) is 4.44. The minimum atomic E-state index is -0.402. The topological polar surface area (TPSA) is 43.8 Å². The summed E-state index contributed by atoms with van der Waals surface area (Å²) in [5.41, 5.74) is 1.12. The van der Waals surface area contributed by atoms with Crippen LogP contribution >= 0.6 is 11.6 Å². The molecule has 1 aromatic rings. The molecule has 0 bridgehead atoms. The van der Waals surface area contributed by atoms with E-state index in [4.69, 9.17) is 16.7 Å². The van der Waals surface area contributed by atoms with E-state index in [2.05, 4.69) is 4.90 Å². The standard InChI is InChI=1S/C12H15ClN2O2/c13-10-1-3-11(4-2-10)14-5-7-15(8-6-14)12(17)9-16/h1-4,16H,5-9H2. The first-order valence-corrected chi connectivity index (χ1v) is 5.97. The molecule has 0 aromatic heterocycles. The lowest BCUT2D eigenvalue weighted by molar-refractivity contribution is -0.134. The van der Waals surface area contributed by atoms with Gasteiger partial charge in [0.2, 0.25) is 5.91 Å². The summed E-state index contributed by atoms with van der Waals surface area (Å²) in [7, 11) is 0. The molecule has 1 N–H and O–H groups in total. The molecule has 2 rings (SSSR count). The minimum absolute atomic E-state index is 0.194. The molecule has 1 aromatic carbocycles. The summed E-state index contributed by atoms with van der Waals surface area (Å²) < 4.78 is 0. The predicted octanol–water partition coefficient (Wildman–Crippen LogP) is 0.981. The van der Waals surface area contributed by atoms with E-state index in [-0.39, 0.29) is 5.91 Å². The highest BCUT2D eigenvalue weighted by Gasteiger charge is 2.20. The molecule has 0 unspecified atom stereocenters. The van der Waals surface area contributed by atoms with Gasteiger partial charge in [0.05, 0.1) is 0 Å². The third kappa shape index (κ3) is 2.90. The van der Waals surface area contributed by atoms with Gasteiger partial charge in [-0.15, -0.1) is 0 Å². The summed E-state index contributed by atoms with van der Waals surface area (Å²) in [4.78, 5) is 15.2. The van der Waals surface area contributed by atoms with Crippen LogP contribution in [0.5, 0.6) is 0 Å². The lowest BCUT2D eigenvalue weighted by Crippen LogP contribution is -2.49. The fourth-order valence-electron chi connectivity index (χ4n) is 1.97. The van der Waals surface area contributed by atoms with Gasteiger partial charge in [-0.2, -0.15) is 0 Å². The van der Waals surface area contributed by atoms with E-state index in [1.807, 2.05) is 24.3 Å². The summed E-state index contributed by atoms with van der Waals surface area (Å²) in [6.07, 6.45) is 0. The van der Waals surface area contributed by atoms with E-state index in [1.165, 1.54) is 0 Å². The van der Waals surface area contributed by atoms with Gasteiger partial charge in [-0.25, -0.2) is 0 Å². The molecule has 0 radical (unpaired) electrons. The Labute approximate surface area is 105 Å². The molecule has 1 aliphatic rings. The molecule has 1 fully saturated rings. The number of rotatable bonds is 2. The number of aliphatic hydroxyl groups excluding tert-OH is 1. The highest BCUT2D eigenvalue weighted by molar-refractivity contribution is 6.30. The van der Waals surface area contributed by atoms with E-state index < -0.39 is 6.61 Å². The Bertz CT molecular complexity index is 386. The molecule has 5 heteroatoms. The average molecular weight is 255 g/mol. The van der Waals surface area contributed by atoms with Crippen molar-refractivity contribution >= 4 is 23.2 Å². The average Bonchev–Trinajstić information content (AvgIpc) is 2.39. The quantitative estimate of drug-likeness (QED) is 0.856. The largest absolute Gasteiger partial charge is 0.387 e. The molecule has 0 spiro atoms. The van der Waals surface area contributed by atoms with Gasteiger partial charge in [0.15, 0.2) is 0 Å². The van der Waals surface area contributed by atoms with E-state index in [1.54, 1.807) is 4.90 Å². The van der Waals surface area contributed by atoms with Crippen molar-refractivity contribution < 1.29 is 9.90 Å². The minimum Gasteiger partial charge on any atom is -0.387 e. The second-order valence-electron chi connectivity index (χ2n) is 4.00. The zero-order chi connectivity index (χ0) is 12.3. The van der Waals surface area contributed by atoms with E-state index in [0.29, 0.717) is 13.1 Å². The van der Waals surface area contributed by atoms with Gasteiger partial charge in [0.1, 0.15) is 6.61 Å². The molecule has 4 nitrogen and oxygen atoms in total. The number of piperazine rings is 1. The lowest BCUT2D eigenvalue weighted by Gasteiger charge is -2.35. The number of hydrogen-bond acceptors (Lipinski definition) is 3. The molecule has 92 valence electrons. The van der Waals surface area contributed by atoms with Crippen molar-refractivity contribution in [3.05, 3.63) is 29.3 Å². The molecule has 0 atom stereocenters. The SMILES string of the molecule is O=C(CO)N1CCN(c2ccc(Cl)cc2)CC1. The van der Waals surface area contributed by atoms with Crippen LogP contribution in [0.4, 0.5) is 5.69 Å². The van der Waals surface area contributed by atoms with Crippen LogP contribution in [0.1, 0.15) is 0 Å². The molecule has 17 heavy (non-hydrogen) atoms. The van der Waals surface area contributed by atoms with Crippen LogP contribution in [0.2, 0.25) is 5.02 Å². The van der Waals surface area contributed by atoms with Gasteiger partial charge < -0.3 is 14.9 Å². The summed E-state index contributed by atoms with van der Waals surface area (Å²) in [6, 6.07) is 7.68. The Morgan fingerprint density at radius 2 is 1.76 bits per heavy atom. The van der Waals surface area contributed by atoms with Gasteiger partial charge in [-0.3, -0.25) is 4.79 Å². The molecular weight excluding hydrogens is 240 g/mol. The van der Waals surface area contributed by atoms with E-state index in [0.717, 1.165) is 23.8 Å². The van der Waals surface area contributed by atoms with Gasteiger partial charge in [-0.1, -0.05) is 11.6 Å². The van der Waals surface area contributed by atoms with Crippen LogP contribution < -0.4 is 4.90 Å². The Kier molecular flexibility index (Phi) is 3.86. The summed E-state index contributed by atoms with van der Waals surface area (Å²) in [6.45, 7) is 2.48. The van der Waals surface area contributed by atoms with Crippen molar-refractivity contribution in [2.24, 2.45) is 0 Å². The molecule has 0 saturated carbocycles. The second kappa shape index (κ2) is 5.38. The van der Waals surface area contributed by atoms with Crippen molar-refractivity contribution in [3.63, 3.8) is 0 Å². The molecule has 1 amide bonds. The van der Waals surface area contributed by atoms with Crippen LogP contribution in [-0.2, 0) is 4.79 Å². The molecule has 1 aliphatic heterocycles. The maximum absolute atomic E-state index is 11.3. The van der Waals surface area contributed by atoms with Crippen LogP contribution in [0, 0.1) is 0 Å². The number of benzene rings is 1. The van der Waals surface area contributed by atoms with Gasteiger partial charge in [-0.05, 0) is 24.3 Å².